The van der Waals surface area contributed by atoms with Gasteiger partial charge in [-0.25, -0.2) is 14.0 Å². The Morgan fingerprint density at radius 2 is 1.96 bits per heavy atom. The Hall–Kier alpha value is -2.84. The normalized spacial score (nSPS) is 14.6. The molecule has 0 spiro atoms. The van der Waals surface area contributed by atoms with E-state index in [1.807, 2.05) is 0 Å². The predicted octanol–water partition coefficient (Wildman–Crippen LogP) is 1.30. The van der Waals surface area contributed by atoms with Crippen LogP contribution in [0.2, 0.25) is 0 Å². The summed E-state index contributed by atoms with van der Waals surface area (Å²) < 4.78 is 22.8. The van der Waals surface area contributed by atoms with Crippen LogP contribution in [0, 0.1) is 5.82 Å². The van der Waals surface area contributed by atoms with E-state index in [0.717, 1.165) is 12.1 Å². The fourth-order valence-electron chi connectivity index (χ4n) is 2.62. The number of hydrogen-bond donors (Lipinski definition) is 2. The summed E-state index contributed by atoms with van der Waals surface area (Å²) in [5.41, 5.74) is 5.50. The fourth-order valence-corrected chi connectivity index (χ4v) is 2.62. The molecule has 142 valence electrons. The van der Waals surface area contributed by atoms with E-state index in [2.05, 4.69) is 5.32 Å². The highest BCUT2D eigenvalue weighted by atomic mass is 19.1. The Morgan fingerprint density at radius 1 is 1.27 bits per heavy atom. The van der Waals surface area contributed by atoms with Crippen LogP contribution in [0.5, 0.6) is 0 Å². The number of nitrogens with two attached hydrogens (primary N) is 1. The monoisotopic (exact) mass is 367 g/mol. The van der Waals surface area contributed by atoms with Crippen molar-refractivity contribution in [3.8, 4) is 0 Å². The Balaban J connectivity index is 1.74. The average Bonchev–Trinajstić information content (AvgIpc) is 2.60. The number of hydrogen-bond acceptors (Lipinski definition) is 6. The van der Waals surface area contributed by atoms with Gasteiger partial charge in [-0.2, -0.15) is 0 Å². The number of amides is 2. The van der Waals surface area contributed by atoms with Crippen LogP contribution in [0.1, 0.15) is 30.1 Å². The third-order valence-corrected chi connectivity index (χ3v) is 3.95. The minimum atomic E-state index is -0.796. The number of nitrogens with zero attached hydrogens (tertiary/aromatic N) is 1. The lowest BCUT2D eigenvalue weighted by Crippen LogP contribution is -2.47. The van der Waals surface area contributed by atoms with Crippen LogP contribution in [-0.4, -0.2) is 55.2 Å². The van der Waals surface area contributed by atoms with Crippen molar-refractivity contribution in [3.05, 3.63) is 29.6 Å². The summed E-state index contributed by atoms with van der Waals surface area (Å²) in [7, 11) is 0. The molecule has 0 aliphatic carbocycles. The molecule has 8 nitrogen and oxygen atoms in total. The molecular formula is C17H22FN3O5. The van der Waals surface area contributed by atoms with Crippen LogP contribution >= 0.6 is 0 Å². The fraction of sp³-hybridized carbons (Fsp3) is 0.471. The largest absolute Gasteiger partial charge is 0.452 e. The zero-order valence-corrected chi connectivity index (χ0v) is 14.5. The highest BCUT2D eigenvalue weighted by Crippen LogP contribution is 2.15. The number of benzene rings is 1. The summed E-state index contributed by atoms with van der Waals surface area (Å²) in [6.45, 7) is 2.56. The molecule has 1 aromatic carbocycles. The zero-order valence-electron chi connectivity index (χ0n) is 14.5. The smallest absolute Gasteiger partial charge is 0.409 e. The molecule has 2 rings (SSSR count). The van der Waals surface area contributed by atoms with Gasteiger partial charge in [0.25, 0.3) is 5.91 Å². The first-order valence-electron chi connectivity index (χ1n) is 8.34. The summed E-state index contributed by atoms with van der Waals surface area (Å²) in [6.07, 6.45) is 0.815. The summed E-state index contributed by atoms with van der Waals surface area (Å²) in [6, 6.07) is 3.19. The maximum atomic E-state index is 13.0. The topological polar surface area (TPSA) is 111 Å². The molecule has 0 aromatic heterocycles. The number of nitrogens with one attached hydrogen (secondary N) is 1. The molecule has 1 fully saturated rings. The van der Waals surface area contributed by atoms with Gasteiger partial charge < -0.3 is 25.4 Å². The van der Waals surface area contributed by atoms with Gasteiger partial charge in [-0.15, -0.1) is 0 Å². The lowest BCUT2D eigenvalue weighted by atomic mass is 10.1. The molecule has 2 amide bonds. The molecule has 0 atom stereocenters. The average molecular weight is 367 g/mol. The van der Waals surface area contributed by atoms with Gasteiger partial charge in [0, 0.05) is 24.8 Å². The maximum absolute atomic E-state index is 13.0. The summed E-state index contributed by atoms with van der Waals surface area (Å²) >= 11 is 0. The van der Waals surface area contributed by atoms with Crippen molar-refractivity contribution in [3.63, 3.8) is 0 Å². The number of piperidine rings is 1. The molecule has 1 heterocycles. The van der Waals surface area contributed by atoms with E-state index in [0.29, 0.717) is 32.5 Å². The highest BCUT2D eigenvalue weighted by molar-refractivity contribution is 5.96. The van der Waals surface area contributed by atoms with Gasteiger partial charge in [-0.05, 0) is 38.0 Å². The van der Waals surface area contributed by atoms with E-state index in [9.17, 15) is 18.8 Å². The van der Waals surface area contributed by atoms with Crippen molar-refractivity contribution >= 4 is 23.7 Å². The maximum Gasteiger partial charge on any atom is 0.409 e. The number of anilines is 1. The first-order valence-corrected chi connectivity index (χ1v) is 8.34. The molecule has 1 aromatic rings. The minimum Gasteiger partial charge on any atom is -0.452 e. The molecule has 1 saturated heterocycles. The molecule has 0 bridgehead atoms. The molecule has 0 unspecified atom stereocenters. The molecule has 0 radical (unpaired) electrons. The van der Waals surface area contributed by atoms with E-state index in [-0.39, 0.29) is 23.4 Å². The number of nitrogen functional groups attached to an aromatic ring is 1. The quantitative estimate of drug-likeness (QED) is 0.599. The summed E-state index contributed by atoms with van der Waals surface area (Å²) in [5.74, 6) is -1.81. The SMILES string of the molecule is CCOC(=O)N1CCC(NC(=O)COC(=O)c2ccc(F)cc2N)CC1. The molecule has 9 heteroatoms. The summed E-state index contributed by atoms with van der Waals surface area (Å²) in [4.78, 5) is 37.0. The third kappa shape index (κ3) is 5.33. The molecule has 1 aliphatic rings. The highest BCUT2D eigenvalue weighted by Gasteiger charge is 2.25. The second kappa shape index (κ2) is 9.02. The van der Waals surface area contributed by atoms with E-state index < -0.39 is 24.3 Å². The Morgan fingerprint density at radius 3 is 2.58 bits per heavy atom. The van der Waals surface area contributed by atoms with Crippen LogP contribution in [0.25, 0.3) is 0 Å². The zero-order chi connectivity index (χ0) is 19.1. The molecular weight excluding hydrogens is 345 g/mol. The van der Waals surface area contributed by atoms with Crippen LogP contribution < -0.4 is 11.1 Å². The number of carbonyl (C=O) groups is 3. The van der Waals surface area contributed by atoms with Crippen LogP contribution in [0.3, 0.4) is 0 Å². The van der Waals surface area contributed by atoms with Gasteiger partial charge in [0.2, 0.25) is 0 Å². The van der Waals surface area contributed by atoms with E-state index in [4.69, 9.17) is 15.2 Å². The van der Waals surface area contributed by atoms with Crippen molar-refractivity contribution in [2.75, 3.05) is 32.0 Å². The molecule has 1 aliphatic heterocycles. The van der Waals surface area contributed by atoms with Gasteiger partial charge >= 0.3 is 12.1 Å². The molecule has 26 heavy (non-hydrogen) atoms. The minimum absolute atomic E-state index is 0.00180. The van der Waals surface area contributed by atoms with Crippen LogP contribution in [-0.2, 0) is 14.3 Å². The van der Waals surface area contributed by atoms with Gasteiger partial charge in [0.05, 0.1) is 12.2 Å². The van der Waals surface area contributed by atoms with Gasteiger partial charge in [-0.3, -0.25) is 4.79 Å². The number of halogens is 1. The van der Waals surface area contributed by atoms with Gasteiger partial charge in [0.15, 0.2) is 6.61 Å². The third-order valence-electron chi connectivity index (χ3n) is 3.95. The number of ether oxygens (including phenoxy) is 2. The van der Waals surface area contributed by atoms with Crippen molar-refractivity contribution in [1.29, 1.82) is 0 Å². The molecule has 3 N–H and O–H groups in total. The number of esters is 1. The first-order chi connectivity index (χ1) is 12.4. The second-order valence-corrected chi connectivity index (χ2v) is 5.84. The number of likely N-dealkylation sites (tertiary alicyclic amines) is 1. The van der Waals surface area contributed by atoms with Crippen LogP contribution in [0.4, 0.5) is 14.9 Å². The van der Waals surface area contributed by atoms with E-state index >= 15 is 0 Å². The van der Waals surface area contributed by atoms with E-state index in [1.165, 1.54) is 6.07 Å². The van der Waals surface area contributed by atoms with Gasteiger partial charge in [0.1, 0.15) is 5.82 Å². The lowest BCUT2D eigenvalue weighted by molar-refractivity contribution is -0.125. The number of rotatable bonds is 5. The van der Waals surface area contributed by atoms with Crippen molar-refractivity contribution in [1.82, 2.24) is 10.2 Å². The standard InChI is InChI=1S/C17H22FN3O5/c1-2-25-17(24)21-7-5-12(6-8-21)20-15(22)10-26-16(23)13-4-3-11(18)9-14(13)19/h3-4,9,12H,2,5-8,10,19H2,1H3,(H,20,22). The first kappa shape index (κ1) is 19.5. The Labute approximate surface area is 150 Å². The van der Waals surface area contributed by atoms with Crippen molar-refractivity contribution in [2.24, 2.45) is 0 Å². The van der Waals surface area contributed by atoms with E-state index in [1.54, 1.807) is 11.8 Å². The predicted molar refractivity (Wildman–Crippen MR) is 90.9 cm³/mol. The summed E-state index contributed by atoms with van der Waals surface area (Å²) in [5, 5.41) is 2.75. The van der Waals surface area contributed by atoms with Crippen molar-refractivity contribution in [2.45, 2.75) is 25.8 Å². The van der Waals surface area contributed by atoms with Gasteiger partial charge in [-0.1, -0.05) is 0 Å². The Bertz CT molecular complexity index is 674. The second-order valence-electron chi connectivity index (χ2n) is 5.84. The number of carbonyl (C=O) groups excluding carboxylic acids is 3. The lowest BCUT2D eigenvalue weighted by Gasteiger charge is -2.31. The Kier molecular flexibility index (Phi) is 6.76. The van der Waals surface area contributed by atoms with Crippen LogP contribution in [0.15, 0.2) is 18.2 Å². The van der Waals surface area contributed by atoms with Crippen molar-refractivity contribution < 1.29 is 28.2 Å². The molecule has 0 saturated carbocycles.